The minimum Gasteiger partial charge on any atom is -0.394 e. The summed E-state index contributed by atoms with van der Waals surface area (Å²) in [6.45, 7) is 5.03. The van der Waals surface area contributed by atoms with Crippen LogP contribution >= 0.6 is 0 Å². The third kappa shape index (κ3) is 6.03. The predicted octanol–water partition coefficient (Wildman–Crippen LogP) is 3.95. The van der Waals surface area contributed by atoms with Crippen LogP contribution in [0.2, 0.25) is 0 Å². The number of unbranched alkanes of at least 4 members (excludes halogenated alkanes) is 2. The third-order valence-electron chi connectivity index (χ3n) is 5.62. The highest BCUT2D eigenvalue weighted by molar-refractivity contribution is 5.79. The lowest BCUT2D eigenvalue weighted by atomic mass is 9.88. The molecule has 0 aliphatic carbocycles. The zero-order valence-electron chi connectivity index (χ0n) is 16.5. The second-order valence-corrected chi connectivity index (χ2v) is 7.88. The molecule has 1 aromatic carbocycles. The summed E-state index contributed by atoms with van der Waals surface area (Å²) in [4.78, 5) is 25.1. The number of amides is 1. The van der Waals surface area contributed by atoms with Crippen LogP contribution in [0.3, 0.4) is 0 Å². The van der Waals surface area contributed by atoms with E-state index in [1.54, 1.807) is 12.1 Å². The average molecular weight is 376 g/mol. The van der Waals surface area contributed by atoms with Gasteiger partial charge in [-0.25, -0.2) is 0 Å². The molecule has 27 heavy (non-hydrogen) atoms. The van der Waals surface area contributed by atoms with Crippen molar-refractivity contribution in [3.8, 4) is 0 Å². The van der Waals surface area contributed by atoms with Crippen molar-refractivity contribution < 1.29 is 14.8 Å². The molecule has 1 N–H and O–H groups in total. The smallest absolute Gasteiger partial charge is 0.269 e. The average Bonchev–Trinajstić information content (AvgIpc) is 3.13. The number of hydrogen-bond acceptors (Lipinski definition) is 4. The number of nitrogens with zero attached hydrogens (tertiary/aromatic N) is 2. The lowest BCUT2D eigenvalue weighted by Crippen LogP contribution is -2.42. The fraction of sp³-hybridized carbons (Fsp3) is 0.667. The molecule has 2 atom stereocenters. The number of rotatable bonds is 10. The Kier molecular flexibility index (Phi) is 8.23. The van der Waals surface area contributed by atoms with Crippen molar-refractivity contribution in [2.75, 3.05) is 13.2 Å². The van der Waals surface area contributed by atoms with Crippen LogP contribution in [-0.2, 0) is 11.2 Å². The van der Waals surface area contributed by atoms with Gasteiger partial charge in [0.1, 0.15) is 0 Å². The number of nitro groups is 1. The minimum absolute atomic E-state index is 0.000822. The van der Waals surface area contributed by atoms with E-state index in [1.165, 1.54) is 0 Å². The van der Waals surface area contributed by atoms with Crippen LogP contribution in [0.25, 0.3) is 0 Å². The molecule has 150 valence electrons. The monoisotopic (exact) mass is 376 g/mol. The molecule has 0 bridgehead atoms. The first-order valence-electron chi connectivity index (χ1n) is 10.1. The zero-order valence-corrected chi connectivity index (χ0v) is 16.5. The molecule has 1 saturated heterocycles. The van der Waals surface area contributed by atoms with Gasteiger partial charge in [-0.2, -0.15) is 0 Å². The van der Waals surface area contributed by atoms with Crippen LogP contribution in [-0.4, -0.2) is 40.0 Å². The van der Waals surface area contributed by atoms with Crippen LogP contribution in [0.5, 0.6) is 0 Å². The molecule has 1 heterocycles. The number of nitro benzene ring substituents is 1. The maximum Gasteiger partial charge on any atom is 0.269 e. The highest BCUT2D eigenvalue weighted by Crippen LogP contribution is 2.26. The Morgan fingerprint density at radius 1 is 1.26 bits per heavy atom. The Bertz CT molecular complexity index is 615. The summed E-state index contributed by atoms with van der Waals surface area (Å²) in [6, 6.07) is 6.75. The van der Waals surface area contributed by atoms with Crippen molar-refractivity contribution in [1.82, 2.24) is 4.90 Å². The number of aliphatic hydroxyl groups excluding tert-OH is 1. The van der Waals surface area contributed by atoms with E-state index < -0.39 is 0 Å². The molecule has 1 aliphatic rings. The van der Waals surface area contributed by atoms with Crippen LogP contribution in [0, 0.1) is 22.0 Å². The maximum absolute atomic E-state index is 12.9. The highest BCUT2D eigenvalue weighted by Gasteiger charge is 2.33. The van der Waals surface area contributed by atoms with Gasteiger partial charge in [0, 0.05) is 24.6 Å². The number of aryl methyl sites for hydroxylation is 1. The molecule has 1 aliphatic heterocycles. The highest BCUT2D eigenvalue weighted by atomic mass is 16.6. The topological polar surface area (TPSA) is 83.7 Å². The van der Waals surface area contributed by atoms with Crippen molar-refractivity contribution >= 4 is 11.6 Å². The summed E-state index contributed by atoms with van der Waals surface area (Å²) in [5, 5.41) is 20.2. The zero-order chi connectivity index (χ0) is 19.8. The Hall–Kier alpha value is -1.95. The molecule has 1 unspecified atom stereocenters. The Morgan fingerprint density at radius 2 is 1.96 bits per heavy atom. The van der Waals surface area contributed by atoms with Crippen molar-refractivity contribution in [3.63, 3.8) is 0 Å². The maximum atomic E-state index is 12.9. The molecule has 1 aromatic rings. The first-order chi connectivity index (χ1) is 12.9. The van der Waals surface area contributed by atoms with E-state index in [0.29, 0.717) is 5.92 Å². The number of benzene rings is 1. The van der Waals surface area contributed by atoms with Gasteiger partial charge < -0.3 is 10.0 Å². The summed E-state index contributed by atoms with van der Waals surface area (Å²) < 4.78 is 0. The summed E-state index contributed by atoms with van der Waals surface area (Å²) in [5.74, 6) is 0.528. The standard InChI is InChI=1S/C21H32N2O4/c1-16(2)20(21(25)22-14-6-8-19(22)15-24)9-5-3-4-7-17-10-12-18(13-11-17)23(26)27/h10-13,16,19-20,24H,3-9,14-15H2,1-2H3/t19-,20?/m0/s1. The van der Waals surface area contributed by atoms with Crippen LogP contribution in [0.15, 0.2) is 24.3 Å². The molecule has 0 aromatic heterocycles. The summed E-state index contributed by atoms with van der Waals surface area (Å²) in [6.07, 6.45) is 6.72. The summed E-state index contributed by atoms with van der Waals surface area (Å²) >= 11 is 0. The van der Waals surface area contributed by atoms with E-state index in [1.807, 2.05) is 17.0 Å². The van der Waals surface area contributed by atoms with Crippen molar-refractivity contribution in [2.24, 2.45) is 11.8 Å². The molecule has 6 nitrogen and oxygen atoms in total. The van der Waals surface area contributed by atoms with Gasteiger partial charge in [0.15, 0.2) is 0 Å². The lowest BCUT2D eigenvalue weighted by molar-refractivity contribution is -0.384. The van der Waals surface area contributed by atoms with E-state index in [2.05, 4.69) is 13.8 Å². The van der Waals surface area contributed by atoms with Crippen LogP contribution in [0.1, 0.15) is 57.9 Å². The first-order valence-corrected chi connectivity index (χ1v) is 10.1. The molecule has 1 amide bonds. The van der Waals surface area contributed by atoms with Gasteiger partial charge >= 0.3 is 0 Å². The third-order valence-corrected chi connectivity index (χ3v) is 5.62. The van der Waals surface area contributed by atoms with Crippen LogP contribution < -0.4 is 0 Å². The number of carbonyl (C=O) groups excluding carboxylic acids is 1. The summed E-state index contributed by atoms with van der Waals surface area (Å²) in [7, 11) is 0. The second-order valence-electron chi connectivity index (χ2n) is 7.88. The summed E-state index contributed by atoms with van der Waals surface area (Å²) in [5.41, 5.74) is 1.24. The van der Waals surface area contributed by atoms with E-state index >= 15 is 0 Å². The van der Waals surface area contributed by atoms with Gasteiger partial charge in [-0.3, -0.25) is 14.9 Å². The normalized spacial score (nSPS) is 18.1. The largest absolute Gasteiger partial charge is 0.394 e. The Labute approximate surface area is 161 Å². The molecular weight excluding hydrogens is 344 g/mol. The van der Waals surface area contributed by atoms with Gasteiger partial charge in [0.25, 0.3) is 5.69 Å². The van der Waals surface area contributed by atoms with Crippen molar-refractivity contribution in [3.05, 3.63) is 39.9 Å². The van der Waals surface area contributed by atoms with Gasteiger partial charge in [-0.05, 0) is 43.6 Å². The van der Waals surface area contributed by atoms with E-state index in [-0.39, 0.29) is 35.1 Å². The number of aliphatic hydroxyl groups is 1. The predicted molar refractivity (Wildman–Crippen MR) is 105 cm³/mol. The van der Waals surface area contributed by atoms with Gasteiger partial charge in [0.2, 0.25) is 5.91 Å². The van der Waals surface area contributed by atoms with Crippen LogP contribution in [0.4, 0.5) is 5.69 Å². The molecular formula is C21H32N2O4. The number of non-ortho nitro benzene ring substituents is 1. The molecule has 0 radical (unpaired) electrons. The lowest BCUT2D eigenvalue weighted by Gasteiger charge is -2.30. The minimum atomic E-state index is -0.380. The van der Waals surface area contributed by atoms with E-state index in [4.69, 9.17) is 0 Å². The molecule has 1 fully saturated rings. The van der Waals surface area contributed by atoms with Gasteiger partial charge in [-0.1, -0.05) is 38.8 Å². The first kappa shape index (κ1) is 21.4. The Balaban J connectivity index is 1.76. The number of hydrogen-bond donors (Lipinski definition) is 1. The second kappa shape index (κ2) is 10.4. The number of carbonyl (C=O) groups is 1. The van der Waals surface area contributed by atoms with Crippen molar-refractivity contribution in [2.45, 2.75) is 64.8 Å². The van der Waals surface area contributed by atoms with E-state index in [9.17, 15) is 20.0 Å². The quantitative estimate of drug-likeness (QED) is 0.381. The van der Waals surface area contributed by atoms with Crippen molar-refractivity contribution in [1.29, 1.82) is 0 Å². The van der Waals surface area contributed by atoms with E-state index in [0.717, 1.165) is 57.1 Å². The van der Waals surface area contributed by atoms with Gasteiger partial charge in [-0.15, -0.1) is 0 Å². The Morgan fingerprint density at radius 3 is 2.56 bits per heavy atom. The fourth-order valence-corrected chi connectivity index (χ4v) is 3.93. The number of likely N-dealkylation sites (tertiary alicyclic amines) is 1. The van der Waals surface area contributed by atoms with Gasteiger partial charge in [0.05, 0.1) is 17.6 Å². The fourth-order valence-electron chi connectivity index (χ4n) is 3.93. The molecule has 6 heteroatoms. The molecule has 0 saturated carbocycles. The molecule has 2 rings (SSSR count). The molecule has 0 spiro atoms. The SMILES string of the molecule is CC(C)C(CCCCCc1ccc([N+](=O)[O-])cc1)C(=O)N1CCC[C@H]1CO.